The first-order valence-electron chi connectivity index (χ1n) is 5.43. The molecule has 0 heterocycles. The molecule has 0 saturated carbocycles. The van der Waals surface area contributed by atoms with Gasteiger partial charge in [-0.05, 0) is 52.3 Å². The molecule has 4 nitrogen and oxygen atoms in total. The average Bonchev–Trinajstić information content (AvgIpc) is 2.34. The molecule has 0 fully saturated rings. The van der Waals surface area contributed by atoms with E-state index in [1.807, 2.05) is 0 Å². The molecule has 2 aromatic carbocycles. The van der Waals surface area contributed by atoms with Crippen molar-refractivity contribution in [3.05, 3.63) is 52.8 Å². The molecule has 0 aliphatic heterocycles. The molecule has 0 atom stereocenters. The van der Waals surface area contributed by atoms with Gasteiger partial charge in [0.25, 0.3) is 0 Å². The number of nitrogens with two attached hydrogens (primary N) is 1. The highest BCUT2D eigenvalue weighted by atomic mass is 79.9. The fraction of sp³-hybridized carbons (Fsp3) is 0. The molecule has 2 rings (SSSR count). The van der Waals surface area contributed by atoms with E-state index in [0.717, 1.165) is 0 Å². The van der Waals surface area contributed by atoms with E-state index in [0.29, 0.717) is 21.5 Å². The lowest BCUT2D eigenvalue weighted by Gasteiger charge is -2.08. The number of hydrogen-bond acceptors (Lipinski definition) is 2. The first-order chi connectivity index (χ1) is 9.04. The van der Waals surface area contributed by atoms with Crippen LogP contribution in [0.25, 0.3) is 0 Å². The fourth-order valence-electron chi connectivity index (χ4n) is 1.46. The van der Waals surface area contributed by atoms with Crippen LogP contribution in [0.5, 0.6) is 0 Å². The number of benzene rings is 2. The highest BCUT2D eigenvalue weighted by Gasteiger charge is 2.04. The topological polar surface area (TPSA) is 67.1 Å². The fourth-order valence-corrected chi connectivity index (χ4v) is 1.84. The number of anilines is 3. The Morgan fingerprint density at radius 3 is 2.42 bits per heavy atom. The summed E-state index contributed by atoms with van der Waals surface area (Å²) in [6.45, 7) is 0. The molecule has 0 saturated heterocycles. The monoisotopic (exact) mass is 323 g/mol. The number of rotatable bonds is 2. The Hall–Kier alpha value is -2.08. The van der Waals surface area contributed by atoms with Crippen LogP contribution in [-0.4, -0.2) is 6.03 Å². The number of halogens is 2. The summed E-state index contributed by atoms with van der Waals surface area (Å²) < 4.78 is 13.6. The number of hydrogen-bond donors (Lipinski definition) is 3. The number of urea groups is 1. The summed E-state index contributed by atoms with van der Waals surface area (Å²) in [5.74, 6) is -0.409. The maximum Gasteiger partial charge on any atom is 0.323 e. The summed E-state index contributed by atoms with van der Waals surface area (Å²) >= 11 is 3.27. The number of amides is 2. The number of carbonyl (C=O) groups excluding carboxylic acids is 1. The van der Waals surface area contributed by atoms with E-state index in [2.05, 4.69) is 26.6 Å². The minimum atomic E-state index is -0.456. The molecule has 19 heavy (non-hydrogen) atoms. The van der Waals surface area contributed by atoms with Gasteiger partial charge in [-0.1, -0.05) is 6.07 Å². The zero-order valence-electron chi connectivity index (χ0n) is 9.78. The van der Waals surface area contributed by atoms with Crippen LogP contribution in [0.4, 0.5) is 26.2 Å². The zero-order chi connectivity index (χ0) is 13.8. The predicted molar refractivity (Wildman–Crippen MR) is 77.6 cm³/mol. The van der Waals surface area contributed by atoms with Crippen molar-refractivity contribution in [2.24, 2.45) is 0 Å². The van der Waals surface area contributed by atoms with Crippen LogP contribution in [0.3, 0.4) is 0 Å². The lowest BCUT2D eigenvalue weighted by molar-refractivity contribution is 0.262. The Kier molecular flexibility index (Phi) is 4.01. The van der Waals surface area contributed by atoms with Crippen molar-refractivity contribution in [2.45, 2.75) is 0 Å². The van der Waals surface area contributed by atoms with E-state index < -0.39 is 11.8 Å². The van der Waals surface area contributed by atoms with Gasteiger partial charge in [0.2, 0.25) is 0 Å². The van der Waals surface area contributed by atoms with E-state index in [9.17, 15) is 9.18 Å². The third-order valence-electron chi connectivity index (χ3n) is 2.34. The summed E-state index contributed by atoms with van der Waals surface area (Å²) in [5.41, 5.74) is 7.18. The second kappa shape index (κ2) is 5.71. The summed E-state index contributed by atoms with van der Waals surface area (Å²) in [7, 11) is 0. The molecule has 4 N–H and O–H groups in total. The molecule has 0 spiro atoms. The van der Waals surface area contributed by atoms with Crippen molar-refractivity contribution in [1.29, 1.82) is 0 Å². The molecular weight excluding hydrogens is 313 g/mol. The molecule has 6 heteroatoms. The number of carbonyl (C=O) groups is 1. The van der Waals surface area contributed by atoms with Crippen molar-refractivity contribution in [3.8, 4) is 0 Å². The maximum atomic E-state index is 13.0. The Labute approximate surface area is 117 Å². The molecule has 2 amide bonds. The van der Waals surface area contributed by atoms with Crippen molar-refractivity contribution in [1.82, 2.24) is 0 Å². The Morgan fingerprint density at radius 1 is 1.11 bits per heavy atom. The zero-order valence-corrected chi connectivity index (χ0v) is 11.4. The number of nitrogens with one attached hydrogen (secondary N) is 2. The highest BCUT2D eigenvalue weighted by Crippen LogP contribution is 2.23. The lowest BCUT2D eigenvalue weighted by Crippen LogP contribution is -2.19. The van der Waals surface area contributed by atoms with E-state index in [1.165, 1.54) is 18.2 Å². The average molecular weight is 324 g/mol. The predicted octanol–water partition coefficient (Wildman–Crippen LogP) is 3.81. The van der Waals surface area contributed by atoms with Crippen LogP contribution in [0.2, 0.25) is 0 Å². The van der Waals surface area contributed by atoms with Crippen molar-refractivity contribution in [2.75, 3.05) is 16.4 Å². The second-order valence-corrected chi connectivity index (χ2v) is 4.68. The van der Waals surface area contributed by atoms with Crippen LogP contribution < -0.4 is 16.4 Å². The maximum absolute atomic E-state index is 13.0. The van der Waals surface area contributed by atoms with Gasteiger partial charge < -0.3 is 16.4 Å². The summed E-state index contributed by atoms with van der Waals surface area (Å²) in [6, 6.07) is 10.2. The molecule has 0 aromatic heterocycles. The minimum absolute atomic E-state index is 0.381. The summed E-state index contributed by atoms with van der Waals surface area (Å²) in [6.07, 6.45) is 0. The first kappa shape index (κ1) is 13.4. The van der Waals surface area contributed by atoms with Gasteiger partial charge in [-0.2, -0.15) is 0 Å². The van der Waals surface area contributed by atoms with Gasteiger partial charge in [-0.3, -0.25) is 0 Å². The van der Waals surface area contributed by atoms with Crippen LogP contribution in [0.1, 0.15) is 0 Å². The Bertz CT molecular complexity index is 619. The molecule has 98 valence electrons. The van der Waals surface area contributed by atoms with E-state index in [-0.39, 0.29) is 0 Å². The normalized spacial score (nSPS) is 10.0. The van der Waals surface area contributed by atoms with Crippen molar-refractivity contribution in [3.63, 3.8) is 0 Å². The molecule has 0 aliphatic carbocycles. The lowest BCUT2D eigenvalue weighted by atomic mass is 10.3. The second-order valence-electron chi connectivity index (χ2n) is 3.83. The molecule has 0 aliphatic rings. The highest BCUT2D eigenvalue weighted by molar-refractivity contribution is 9.10. The largest absolute Gasteiger partial charge is 0.398 e. The van der Waals surface area contributed by atoms with Gasteiger partial charge >= 0.3 is 6.03 Å². The molecule has 0 radical (unpaired) electrons. The standard InChI is InChI=1S/C13H11BrFN3O/c14-11-7-10(4-5-12(11)16)18-13(19)17-9-3-1-2-8(15)6-9/h1-7H,16H2,(H2,17,18,19). The minimum Gasteiger partial charge on any atom is -0.398 e. The van der Waals surface area contributed by atoms with Crippen molar-refractivity contribution >= 4 is 39.0 Å². The molecule has 0 unspecified atom stereocenters. The van der Waals surface area contributed by atoms with Gasteiger partial charge in [-0.15, -0.1) is 0 Å². The quantitative estimate of drug-likeness (QED) is 0.735. The summed E-state index contributed by atoms with van der Waals surface area (Å²) in [4.78, 5) is 11.7. The van der Waals surface area contributed by atoms with Crippen LogP contribution in [0.15, 0.2) is 46.9 Å². The van der Waals surface area contributed by atoms with Crippen LogP contribution in [0, 0.1) is 5.82 Å². The first-order valence-corrected chi connectivity index (χ1v) is 6.22. The molecule has 2 aromatic rings. The van der Waals surface area contributed by atoms with Gasteiger partial charge in [0.15, 0.2) is 0 Å². The van der Waals surface area contributed by atoms with Crippen LogP contribution in [-0.2, 0) is 0 Å². The van der Waals surface area contributed by atoms with E-state index in [4.69, 9.17) is 5.73 Å². The van der Waals surface area contributed by atoms with E-state index in [1.54, 1.807) is 24.3 Å². The smallest absolute Gasteiger partial charge is 0.323 e. The summed E-state index contributed by atoms with van der Waals surface area (Å²) in [5, 5.41) is 5.15. The van der Waals surface area contributed by atoms with Gasteiger partial charge in [0.1, 0.15) is 5.82 Å². The Morgan fingerprint density at radius 2 is 1.79 bits per heavy atom. The molecule has 0 bridgehead atoms. The van der Waals surface area contributed by atoms with Crippen LogP contribution >= 0.6 is 15.9 Å². The Balaban J connectivity index is 2.03. The third kappa shape index (κ3) is 3.69. The third-order valence-corrected chi connectivity index (χ3v) is 3.03. The van der Waals surface area contributed by atoms with Gasteiger partial charge in [0.05, 0.1) is 0 Å². The van der Waals surface area contributed by atoms with E-state index >= 15 is 0 Å². The molecular formula is C13H11BrFN3O. The van der Waals surface area contributed by atoms with Gasteiger partial charge in [0, 0.05) is 21.5 Å². The van der Waals surface area contributed by atoms with Gasteiger partial charge in [-0.25, -0.2) is 9.18 Å². The SMILES string of the molecule is Nc1ccc(NC(=O)Nc2cccc(F)c2)cc1Br. The number of nitrogen functional groups attached to an aromatic ring is 1. The van der Waals surface area contributed by atoms with Crippen molar-refractivity contribution < 1.29 is 9.18 Å².